The summed E-state index contributed by atoms with van der Waals surface area (Å²) in [5.74, 6) is -0.920. The zero-order valence-electron chi connectivity index (χ0n) is 38.0. The van der Waals surface area contributed by atoms with Crippen molar-refractivity contribution in [3.8, 4) is 0 Å². The van der Waals surface area contributed by atoms with Crippen LogP contribution in [0.1, 0.15) is 233 Å². The fourth-order valence-corrected chi connectivity index (χ4v) is 6.64. The fraction of sp³-hybridized carbons (Fsp3) is 0.750. The molecule has 0 aliphatic heterocycles. The number of unbranched alkanes of at least 4 members (excludes halogenated alkanes) is 22. The van der Waals surface area contributed by atoms with Crippen LogP contribution in [0.2, 0.25) is 0 Å². The molecule has 0 saturated heterocycles. The molecule has 0 amide bonds. The molecule has 6 heteroatoms. The van der Waals surface area contributed by atoms with Crippen molar-refractivity contribution < 1.29 is 28.6 Å². The van der Waals surface area contributed by atoms with Crippen LogP contribution in [0.5, 0.6) is 0 Å². The molecule has 0 bridgehead atoms. The highest BCUT2D eigenvalue weighted by atomic mass is 16.6. The van der Waals surface area contributed by atoms with Gasteiger partial charge < -0.3 is 14.2 Å². The molecule has 0 radical (unpaired) electrons. The summed E-state index contributed by atoms with van der Waals surface area (Å²) in [5, 5.41) is 0. The van der Waals surface area contributed by atoms with Crippen LogP contribution in [0.3, 0.4) is 0 Å². The van der Waals surface area contributed by atoms with Crippen molar-refractivity contribution in [3.05, 3.63) is 60.8 Å². The normalized spacial score (nSPS) is 12.5. The van der Waals surface area contributed by atoms with Crippen molar-refractivity contribution in [2.75, 3.05) is 13.2 Å². The van der Waals surface area contributed by atoms with Gasteiger partial charge in [-0.05, 0) is 64.2 Å². The average molecular weight is 811 g/mol. The van der Waals surface area contributed by atoms with Crippen molar-refractivity contribution in [1.29, 1.82) is 0 Å². The van der Waals surface area contributed by atoms with Crippen LogP contribution in [0, 0.1) is 0 Å². The lowest BCUT2D eigenvalue weighted by Gasteiger charge is -2.18. The minimum absolute atomic E-state index is 0.0830. The standard InChI is InChI=1S/C52H90O6/c1-4-7-10-13-16-18-20-22-24-25-26-27-28-30-31-33-36-39-42-45-51(54)57-48-49(47-56-50(53)44-41-38-35-15-12-9-6-3)58-52(55)46-43-40-37-34-32-29-23-21-19-17-14-11-8-5-2/h7,10,16,18,22,24,26-27,30-31,49H,4-6,8-9,11-15,17,19-21,23,25,28-29,32-48H2,1-3H3/b10-7-,18-16-,24-22-,27-26-,31-30-. The molecule has 0 saturated carbocycles. The van der Waals surface area contributed by atoms with E-state index >= 15 is 0 Å². The van der Waals surface area contributed by atoms with Gasteiger partial charge in [-0.2, -0.15) is 0 Å². The van der Waals surface area contributed by atoms with E-state index in [1.54, 1.807) is 0 Å². The van der Waals surface area contributed by atoms with Crippen LogP contribution in [0.15, 0.2) is 60.8 Å². The molecule has 0 aliphatic carbocycles. The monoisotopic (exact) mass is 811 g/mol. The fourth-order valence-electron chi connectivity index (χ4n) is 6.64. The third kappa shape index (κ3) is 44.2. The summed E-state index contributed by atoms with van der Waals surface area (Å²) in [6.07, 6.45) is 56.4. The van der Waals surface area contributed by atoms with Gasteiger partial charge in [0.1, 0.15) is 13.2 Å². The number of hydrogen-bond donors (Lipinski definition) is 0. The minimum Gasteiger partial charge on any atom is -0.462 e. The van der Waals surface area contributed by atoms with E-state index in [1.807, 2.05) is 0 Å². The Morgan fingerprint density at radius 3 is 1.05 bits per heavy atom. The van der Waals surface area contributed by atoms with Gasteiger partial charge in [-0.1, -0.05) is 210 Å². The third-order valence-corrected chi connectivity index (χ3v) is 10.3. The molecule has 58 heavy (non-hydrogen) atoms. The molecule has 0 aromatic heterocycles. The van der Waals surface area contributed by atoms with E-state index < -0.39 is 6.10 Å². The van der Waals surface area contributed by atoms with Crippen LogP contribution in [-0.2, 0) is 28.6 Å². The van der Waals surface area contributed by atoms with Crippen molar-refractivity contribution >= 4 is 17.9 Å². The molecule has 0 N–H and O–H groups in total. The molecule has 6 nitrogen and oxygen atoms in total. The highest BCUT2D eigenvalue weighted by Crippen LogP contribution is 2.15. The van der Waals surface area contributed by atoms with Crippen LogP contribution in [0.4, 0.5) is 0 Å². The van der Waals surface area contributed by atoms with E-state index in [0.717, 1.165) is 96.3 Å². The first-order chi connectivity index (χ1) is 28.5. The van der Waals surface area contributed by atoms with Crippen LogP contribution >= 0.6 is 0 Å². The van der Waals surface area contributed by atoms with Gasteiger partial charge in [0.15, 0.2) is 6.10 Å². The van der Waals surface area contributed by atoms with Gasteiger partial charge in [0.25, 0.3) is 0 Å². The maximum absolute atomic E-state index is 12.7. The molecular formula is C52H90O6. The molecule has 0 aromatic rings. The summed E-state index contributed by atoms with van der Waals surface area (Å²) in [7, 11) is 0. The Hall–Kier alpha value is -2.89. The van der Waals surface area contributed by atoms with Crippen molar-refractivity contribution in [1.82, 2.24) is 0 Å². The Morgan fingerprint density at radius 2 is 0.672 bits per heavy atom. The van der Waals surface area contributed by atoms with Crippen molar-refractivity contribution in [2.24, 2.45) is 0 Å². The first-order valence-electron chi connectivity index (χ1n) is 24.3. The largest absolute Gasteiger partial charge is 0.462 e. The zero-order chi connectivity index (χ0) is 42.3. The second-order valence-electron chi connectivity index (χ2n) is 16.0. The summed E-state index contributed by atoms with van der Waals surface area (Å²) in [4.78, 5) is 37.7. The summed E-state index contributed by atoms with van der Waals surface area (Å²) >= 11 is 0. The highest BCUT2D eigenvalue weighted by molar-refractivity contribution is 5.71. The van der Waals surface area contributed by atoms with E-state index in [1.165, 1.54) is 96.3 Å². The van der Waals surface area contributed by atoms with E-state index in [2.05, 4.69) is 81.5 Å². The number of carbonyl (C=O) groups excluding carboxylic acids is 3. The lowest BCUT2D eigenvalue weighted by molar-refractivity contribution is -0.167. The summed E-state index contributed by atoms with van der Waals surface area (Å²) in [6, 6.07) is 0. The second-order valence-corrected chi connectivity index (χ2v) is 16.0. The smallest absolute Gasteiger partial charge is 0.306 e. The number of esters is 3. The molecular weight excluding hydrogens is 721 g/mol. The molecule has 0 spiro atoms. The molecule has 0 aliphatic rings. The third-order valence-electron chi connectivity index (χ3n) is 10.3. The summed E-state index contributed by atoms with van der Waals surface area (Å²) in [6.45, 7) is 6.45. The topological polar surface area (TPSA) is 78.9 Å². The Labute approximate surface area is 358 Å². The summed E-state index contributed by atoms with van der Waals surface area (Å²) < 4.78 is 16.7. The van der Waals surface area contributed by atoms with Gasteiger partial charge in [0, 0.05) is 19.3 Å². The number of rotatable bonds is 43. The second kappa shape index (κ2) is 46.8. The molecule has 1 atom stereocenters. The van der Waals surface area contributed by atoms with Crippen LogP contribution < -0.4 is 0 Å². The Bertz CT molecular complexity index is 1070. The van der Waals surface area contributed by atoms with E-state index in [0.29, 0.717) is 19.3 Å². The predicted octanol–water partition coefficient (Wildman–Crippen LogP) is 15.7. The quantitative estimate of drug-likeness (QED) is 0.0264. The van der Waals surface area contributed by atoms with Gasteiger partial charge in [0.2, 0.25) is 0 Å². The zero-order valence-corrected chi connectivity index (χ0v) is 38.0. The summed E-state index contributed by atoms with van der Waals surface area (Å²) in [5.41, 5.74) is 0. The van der Waals surface area contributed by atoms with Crippen LogP contribution in [-0.4, -0.2) is 37.2 Å². The lowest BCUT2D eigenvalue weighted by Crippen LogP contribution is -2.30. The molecule has 334 valence electrons. The number of hydrogen-bond acceptors (Lipinski definition) is 6. The lowest BCUT2D eigenvalue weighted by atomic mass is 10.0. The molecule has 0 aromatic carbocycles. The average Bonchev–Trinajstić information content (AvgIpc) is 3.22. The Morgan fingerprint density at radius 1 is 0.362 bits per heavy atom. The molecule has 0 fully saturated rings. The molecule has 0 rings (SSSR count). The highest BCUT2D eigenvalue weighted by Gasteiger charge is 2.19. The Kier molecular flexibility index (Phi) is 44.5. The van der Waals surface area contributed by atoms with Crippen molar-refractivity contribution in [3.63, 3.8) is 0 Å². The van der Waals surface area contributed by atoms with Gasteiger partial charge in [-0.25, -0.2) is 0 Å². The number of allylic oxidation sites excluding steroid dienone is 10. The minimum atomic E-state index is -0.781. The van der Waals surface area contributed by atoms with Gasteiger partial charge in [-0.3, -0.25) is 14.4 Å². The SMILES string of the molecule is CC/C=C\C/C=C\C/C=C\C/C=C\C/C=C\CCCCCC(=O)OCC(COC(=O)CCCCCCCCC)OC(=O)CCCCCCCCCCCCCCCC. The van der Waals surface area contributed by atoms with Gasteiger partial charge in [0.05, 0.1) is 0 Å². The Balaban J connectivity index is 4.33. The maximum atomic E-state index is 12.7. The van der Waals surface area contributed by atoms with Crippen LogP contribution in [0.25, 0.3) is 0 Å². The van der Waals surface area contributed by atoms with E-state index in [9.17, 15) is 14.4 Å². The molecule has 0 heterocycles. The first-order valence-corrected chi connectivity index (χ1v) is 24.3. The van der Waals surface area contributed by atoms with Gasteiger partial charge in [-0.15, -0.1) is 0 Å². The van der Waals surface area contributed by atoms with E-state index in [-0.39, 0.29) is 31.1 Å². The first kappa shape index (κ1) is 55.1. The number of carbonyl (C=O) groups is 3. The van der Waals surface area contributed by atoms with Crippen molar-refractivity contribution in [2.45, 2.75) is 239 Å². The number of ether oxygens (including phenoxy) is 3. The predicted molar refractivity (Wildman–Crippen MR) is 247 cm³/mol. The molecule has 1 unspecified atom stereocenters. The van der Waals surface area contributed by atoms with Gasteiger partial charge >= 0.3 is 17.9 Å². The van der Waals surface area contributed by atoms with E-state index in [4.69, 9.17) is 14.2 Å². The maximum Gasteiger partial charge on any atom is 0.306 e.